The normalized spacial score (nSPS) is 16.4. The number of amides is 1. The minimum Gasteiger partial charge on any atom is -0.339 e. The zero-order chi connectivity index (χ0) is 20.7. The smallest absolute Gasteiger partial charge is 0.232 e. The van der Waals surface area contributed by atoms with Crippen LogP contribution in [0.15, 0.2) is 58.4 Å². The van der Waals surface area contributed by atoms with Crippen molar-refractivity contribution in [3.63, 3.8) is 0 Å². The zero-order valence-corrected chi connectivity index (χ0v) is 17.7. The summed E-state index contributed by atoms with van der Waals surface area (Å²) in [5, 5.41) is 7.80. The summed E-state index contributed by atoms with van der Waals surface area (Å²) >= 11 is 7.69. The summed E-state index contributed by atoms with van der Waals surface area (Å²) in [6.45, 7) is 2.48. The molecule has 0 spiro atoms. The van der Waals surface area contributed by atoms with Gasteiger partial charge in [-0.3, -0.25) is 4.79 Å². The number of carbonyl (C=O) groups excluding carboxylic acids is 1. The van der Waals surface area contributed by atoms with E-state index in [0.717, 1.165) is 27.5 Å². The first-order valence-corrected chi connectivity index (χ1v) is 10.7. The van der Waals surface area contributed by atoms with E-state index in [4.69, 9.17) is 16.1 Å². The highest BCUT2D eigenvalue weighted by Crippen LogP contribution is 2.33. The van der Waals surface area contributed by atoms with E-state index >= 15 is 0 Å². The predicted molar refractivity (Wildman–Crippen MR) is 117 cm³/mol. The first kappa shape index (κ1) is 19.0. The summed E-state index contributed by atoms with van der Waals surface area (Å²) in [6.07, 6.45) is 0.330. The Hall–Kier alpha value is -3.03. The number of rotatable bonds is 4. The minimum atomic E-state index is -0.144. The second kappa shape index (κ2) is 7.66. The molecular formula is C22H17ClN4O2S. The van der Waals surface area contributed by atoms with Crippen molar-refractivity contribution in [1.82, 2.24) is 15.1 Å². The van der Waals surface area contributed by atoms with Gasteiger partial charge in [0, 0.05) is 40.2 Å². The van der Waals surface area contributed by atoms with Crippen LogP contribution in [0.3, 0.4) is 0 Å². The third-order valence-corrected chi connectivity index (χ3v) is 6.10. The van der Waals surface area contributed by atoms with Gasteiger partial charge in [-0.1, -0.05) is 47.1 Å². The Labute approximate surface area is 182 Å². The van der Waals surface area contributed by atoms with Crippen molar-refractivity contribution in [2.24, 2.45) is 0 Å². The van der Waals surface area contributed by atoms with Gasteiger partial charge in [-0.05, 0) is 25.1 Å². The molecule has 0 bridgehead atoms. The largest absolute Gasteiger partial charge is 0.339 e. The molecule has 0 saturated carbocycles. The van der Waals surface area contributed by atoms with Gasteiger partial charge in [-0.25, -0.2) is 4.98 Å². The third-order valence-electron chi connectivity index (χ3n) is 5.09. The van der Waals surface area contributed by atoms with Crippen LogP contribution in [0.25, 0.3) is 22.6 Å². The van der Waals surface area contributed by atoms with Crippen molar-refractivity contribution in [3.8, 4) is 22.6 Å². The lowest BCUT2D eigenvalue weighted by Gasteiger charge is -2.16. The molecule has 30 heavy (non-hydrogen) atoms. The number of aromatic nitrogens is 3. The van der Waals surface area contributed by atoms with E-state index in [-0.39, 0.29) is 11.8 Å². The van der Waals surface area contributed by atoms with Crippen molar-refractivity contribution >= 4 is 34.5 Å². The van der Waals surface area contributed by atoms with Crippen LogP contribution in [0.1, 0.15) is 23.2 Å². The van der Waals surface area contributed by atoms with Gasteiger partial charge < -0.3 is 9.42 Å². The Bertz CT molecular complexity index is 1220. The molecule has 0 aliphatic carbocycles. The fourth-order valence-corrected chi connectivity index (χ4v) is 4.38. The lowest BCUT2D eigenvalue weighted by molar-refractivity contribution is -0.117. The van der Waals surface area contributed by atoms with Gasteiger partial charge >= 0.3 is 0 Å². The van der Waals surface area contributed by atoms with Crippen LogP contribution >= 0.6 is 22.9 Å². The SMILES string of the molecule is Cc1nc(-c2ccc(-c3noc([C@H]4CC(=O)N(c5cccc(Cl)c5)C4)n3)cc2)cs1. The predicted octanol–water partition coefficient (Wildman–Crippen LogP) is 5.34. The fraction of sp³-hybridized carbons (Fsp3) is 0.182. The van der Waals surface area contributed by atoms with Crippen LogP contribution in [-0.2, 0) is 4.79 Å². The van der Waals surface area contributed by atoms with Crippen molar-refractivity contribution < 1.29 is 9.32 Å². The molecule has 1 aliphatic rings. The topological polar surface area (TPSA) is 72.1 Å². The van der Waals surface area contributed by atoms with Crippen molar-refractivity contribution in [1.29, 1.82) is 0 Å². The Kier molecular flexibility index (Phi) is 4.84. The number of hydrogen-bond donors (Lipinski definition) is 0. The molecule has 1 fully saturated rings. The third kappa shape index (κ3) is 3.62. The van der Waals surface area contributed by atoms with Crippen LogP contribution in [0, 0.1) is 6.92 Å². The Balaban J connectivity index is 1.34. The van der Waals surface area contributed by atoms with Crippen molar-refractivity contribution in [2.45, 2.75) is 19.3 Å². The molecule has 1 saturated heterocycles. The summed E-state index contributed by atoms with van der Waals surface area (Å²) in [6, 6.07) is 15.2. The maximum atomic E-state index is 12.5. The summed E-state index contributed by atoms with van der Waals surface area (Å²) in [7, 11) is 0. The highest BCUT2D eigenvalue weighted by Gasteiger charge is 2.35. The standard InChI is InChI=1S/C22H17ClN4O2S/c1-13-24-19(12-30-13)14-5-7-15(8-6-14)21-25-22(29-26-21)16-9-20(28)27(11-16)18-4-2-3-17(23)10-18/h2-8,10,12,16H,9,11H2,1H3/t16-/m0/s1. The molecule has 2 aromatic carbocycles. The monoisotopic (exact) mass is 436 g/mol. The lowest BCUT2D eigenvalue weighted by Crippen LogP contribution is -2.24. The van der Waals surface area contributed by atoms with Crippen LogP contribution < -0.4 is 4.90 Å². The molecule has 0 radical (unpaired) electrons. The van der Waals surface area contributed by atoms with Crippen LogP contribution in [-0.4, -0.2) is 27.6 Å². The number of benzene rings is 2. The van der Waals surface area contributed by atoms with Crippen LogP contribution in [0.5, 0.6) is 0 Å². The average molecular weight is 437 g/mol. The average Bonchev–Trinajstić information content (AvgIpc) is 3.48. The molecule has 5 rings (SSSR count). The van der Waals surface area contributed by atoms with Crippen molar-refractivity contribution in [2.75, 3.05) is 11.4 Å². The number of halogens is 1. The number of anilines is 1. The molecule has 8 heteroatoms. The molecule has 4 aromatic rings. The summed E-state index contributed by atoms with van der Waals surface area (Å²) < 4.78 is 5.50. The molecule has 1 amide bonds. The summed E-state index contributed by atoms with van der Waals surface area (Å²) in [5.74, 6) is 0.863. The number of aryl methyl sites for hydroxylation is 1. The van der Waals surface area contributed by atoms with Crippen molar-refractivity contribution in [3.05, 3.63) is 69.8 Å². The van der Waals surface area contributed by atoms with E-state index < -0.39 is 0 Å². The maximum absolute atomic E-state index is 12.5. The Morgan fingerprint density at radius 1 is 1.13 bits per heavy atom. The molecular weight excluding hydrogens is 420 g/mol. The molecule has 3 heterocycles. The minimum absolute atomic E-state index is 0.0184. The lowest BCUT2D eigenvalue weighted by atomic mass is 10.1. The van der Waals surface area contributed by atoms with E-state index in [1.165, 1.54) is 0 Å². The maximum Gasteiger partial charge on any atom is 0.232 e. The number of carbonyl (C=O) groups is 1. The quantitative estimate of drug-likeness (QED) is 0.431. The summed E-state index contributed by atoms with van der Waals surface area (Å²) in [4.78, 5) is 23.3. The second-order valence-corrected chi connectivity index (χ2v) is 8.67. The van der Waals surface area contributed by atoms with E-state index in [1.54, 1.807) is 28.4 Å². The van der Waals surface area contributed by atoms with Gasteiger partial charge in [0.1, 0.15) is 0 Å². The molecule has 150 valence electrons. The van der Waals surface area contributed by atoms with Gasteiger partial charge in [-0.15, -0.1) is 11.3 Å². The van der Waals surface area contributed by atoms with E-state index in [9.17, 15) is 4.79 Å². The molecule has 6 nitrogen and oxygen atoms in total. The molecule has 1 atom stereocenters. The van der Waals surface area contributed by atoms with E-state index in [2.05, 4.69) is 15.1 Å². The summed E-state index contributed by atoms with van der Waals surface area (Å²) in [5.41, 5.74) is 3.65. The molecule has 0 N–H and O–H groups in total. The zero-order valence-electron chi connectivity index (χ0n) is 16.1. The number of hydrogen-bond acceptors (Lipinski definition) is 6. The van der Waals surface area contributed by atoms with Crippen LogP contribution in [0.4, 0.5) is 5.69 Å². The molecule has 1 aliphatic heterocycles. The Morgan fingerprint density at radius 3 is 2.67 bits per heavy atom. The van der Waals surface area contributed by atoms with E-state index in [0.29, 0.717) is 29.7 Å². The highest BCUT2D eigenvalue weighted by molar-refractivity contribution is 7.09. The fourth-order valence-electron chi connectivity index (χ4n) is 3.57. The Morgan fingerprint density at radius 2 is 1.93 bits per heavy atom. The molecule has 0 unspecified atom stereocenters. The molecule has 2 aromatic heterocycles. The highest BCUT2D eigenvalue weighted by atomic mass is 35.5. The van der Waals surface area contributed by atoms with Gasteiger partial charge in [0.25, 0.3) is 0 Å². The van der Waals surface area contributed by atoms with Gasteiger partial charge in [0.15, 0.2) is 0 Å². The number of nitrogens with zero attached hydrogens (tertiary/aromatic N) is 4. The van der Waals surface area contributed by atoms with Gasteiger partial charge in [0.2, 0.25) is 17.6 Å². The first-order valence-electron chi connectivity index (χ1n) is 9.49. The van der Waals surface area contributed by atoms with E-state index in [1.807, 2.05) is 48.7 Å². The van der Waals surface area contributed by atoms with Crippen LogP contribution in [0.2, 0.25) is 5.02 Å². The van der Waals surface area contributed by atoms with Gasteiger partial charge in [-0.2, -0.15) is 4.98 Å². The van der Waals surface area contributed by atoms with Gasteiger partial charge in [0.05, 0.1) is 16.6 Å². The number of thiazole rings is 1. The second-order valence-electron chi connectivity index (χ2n) is 7.17. The first-order chi connectivity index (χ1) is 14.6.